The number of aromatic amines is 1. The fourth-order valence-electron chi connectivity index (χ4n) is 3.92. The topological polar surface area (TPSA) is 48.1 Å². The highest BCUT2D eigenvalue weighted by molar-refractivity contribution is 6.36. The van der Waals surface area contributed by atoms with Gasteiger partial charge in [-0.25, -0.2) is 8.78 Å². The lowest BCUT2D eigenvalue weighted by Gasteiger charge is -2.41. The molecule has 2 fully saturated rings. The van der Waals surface area contributed by atoms with Crippen LogP contribution in [0.15, 0.2) is 24.4 Å². The number of amides is 1. The van der Waals surface area contributed by atoms with Crippen LogP contribution in [-0.2, 0) is 0 Å². The number of carbonyl (C=O) groups is 1. The number of hydrogen-bond acceptors (Lipinski definition) is 2. The molecule has 4 rings (SSSR count). The summed E-state index contributed by atoms with van der Waals surface area (Å²) in [6, 6.07) is 5.60. The van der Waals surface area contributed by atoms with Crippen molar-refractivity contribution in [2.24, 2.45) is 5.92 Å². The number of halogens is 3. The molecule has 2 aromatic rings. The molecule has 0 atom stereocenters. The average Bonchev–Trinajstić information content (AvgIpc) is 2.99. The molecular weight excluding hydrogens is 360 g/mol. The minimum absolute atomic E-state index is 0.0758. The first kappa shape index (κ1) is 17.7. The van der Waals surface area contributed by atoms with Crippen molar-refractivity contribution in [3.63, 3.8) is 0 Å². The van der Waals surface area contributed by atoms with Crippen LogP contribution in [0.2, 0.25) is 5.02 Å². The normalized spacial score (nSPS) is 20.9. The maximum absolute atomic E-state index is 13.4. The van der Waals surface area contributed by atoms with Gasteiger partial charge in [0.1, 0.15) is 0 Å². The predicted octanol–water partition coefficient (Wildman–Crippen LogP) is 4.06. The molecule has 2 N–H and O–H groups in total. The summed E-state index contributed by atoms with van der Waals surface area (Å²) in [6.45, 7) is 2.01. The Kier molecular flexibility index (Phi) is 4.65. The molecule has 1 aliphatic carbocycles. The van der Waals surface area contributed by atoms with Crippen molar-refractivity contribution in [2.45, 2.75) is 37.6 Å². The van der Waals surface area contributed by atoms with Crippen LogP contribution >= 0.6 is 11.6 Å². The van der Waals surface area contributed by atoms with Gasteiger partial charge in [-0.05, 0) is 30.9 Å². The quantitative estimate of drug-likeness (QED) is 0.839. The van der Waals surface area contributed by atoms with Gasteiger partial charge in [-0.15, -0.1) is 0 Å². The number of alkyl halides is 2. The summed E-state index contributed by atoms with van der Waals surface area (Å²) >= 11 is 6.32. The van der Waals surface area contributed by atoms with E-state index in [1.807, 2.05) is 17.0 Å². The van der Waals surface area contributed by atoms with E-state index < -0.39 is 5.92 Å². The van der Waals surface area contributed by atoms with Crippen LogP contribution < -0.4 is 5.32 Å². The molecule has 0 unspecified atom stereocenters. The Bertz CT molecular complexity index is 808. The SMILES string of the molecule is O=C(c1c[nH]c2cccc(Cl)c12)N(CC1CCC(F)(F)CC1)C1CNC1. The van der Waals surface area contributed by atoms with Gasteiger partial charge in [0.05, 0.1) is 16.6 Å². The first-order chi connectivity index (χ1) is 12.4. The Labute approximate surface area is 155 Å². The van der Waals surface area contributed by atoms with Gasteiger partial charge in [-0.1, -0.05) is 17.7 Å². The zero-order chi connectivity index (χ0) is 18.3. The van der Waals surface area contributed by atoms with Crippen molar-refractivity contribution in [3.8, 4) is 0 Å². The second kappa shape index (κ2) is 6.82. The van der Waals surface area contributed by atoms with Gasteiger partial charge in [0.2, 0.25) is 5.92 Å². The summed E-state index contributed by atoms with van der Waals surface area (Å²) < 4.78 is 26.9. The molecule has 1 saturated heterocycles. The molecule has 7 heteroatoms. The zero-order valence-electron chi connectivity index (χ0n) is 14.4. The maximum Gasteiger partial charge on any atom is 0.256 e. The van der Waals surface area contributed by atoms with Gasteiger partial charge in [0.25, 0.3) is 5.91 Å². The predicted molar refractivity (Wildman–Crippen MR) is 97.9 cm³/mol. The number of benzene rings is 1. The summed E-state index contributed by atoms with van der Waals surface area (Å²) in [5.74, 6) is -2.50. The summed E-state index contributed by atoms with van der Waals surface area (Å²) in [7, 11) is 0. The number of fused-ring (bicyclic) bond motifs is 1. The highest BCUT2D eigenvalue weighted by Gasteiger charge is 2.38. The Hall–Kier alpha value is -1.66. The minimum Gasteiger partial charge on any atom is -0.360 e. The number of carbonyl (C=O) groups excluding carboxylic acids is 1. The van der Waals surface area contributed by atoms with Crippen molar-refractivity contribution in [2.75, 3.05) is 19.6 Å². The monoisotopic (exact) mass is 381 g/mol. The second-order valence-corrected chi connectivity index (χ2v) is 7.84. The summed E-state index contributed by atoms with van der Waals surface area (Å²) in [5.41, 5.74) is 1.38. The highest BCUT2D eigenvalue weighted by Crippen LogP contribution is 2.37. The van der Waals surface area contributed by atoms with Gasteiger partial charge in [-0.2, -0.15) is 0 Å². The zero-order valence-corrected chi connectivity index (χ0v) is 15.2. The van der Waals surface area contributed by atoms with Crippen molar-refractivity contribution in [3.05, 3.63) is 35.0 Å². The second-order valence-electron chi connectivity index (χ2n) is 7.43. The molecule has 0 radical (unpaired) electrons. The lowest BCUT2D eigenvalue weighted by Crippen LogP contribution is -2.60. The van der Waals surface area contributed by atoms with Gasteiger partial charge in [-0.3, -0.25) is 4.79 Å². The van der Waals surface area contributed by atoms with Crippen LogP contribution in [0.4, 0.5) is 8.78 Å². The maximum atomic E-state index is 13.4. The van der Waals surface area contributed by atoms with E-state index in [1.165, 1.54) is 0 Å². The molecule has 1 aromatic carbocycles. The van der Waals surface area contributed by atoms with Crippen LogP contribution in [0.25, 0.3) is 10.9 Å². The van der Waals surface area contributed by atoms with Crippen LogP contribution in [0, 0.1) is 5.92 Å². The third-order valence-electron chi connectivity index (χ3n) is 5.64. The number of hydrogen-bond donors (Lipinski definition) is 2. The Morgan fingerprint density at radius 2 is 2.00 bits per heavy atom. The smallest absolute Gasteiger partial charge is 0.256 e. The van der Waals surface area contributed by atoms with E-state index in [4.69, 9.17) is 11.6 Å². The highest BCUT2D eigenvalue weighted by atomic mass is 35.5. The number of aromatic nitrogens is 1. The molecule has 1 aromatic heterocycles. The lowest BCUT2D eigenvalue weighted by atomic mass is 9.86. The van der Waals surface area contributed by atoms with Crippen molar-refractivity contribution in [1.29, 1.82) is 0 Å². The molecule has 4 nitrogen and oxygen atoms in total. The van der Waals surface area contributed by atoms with E-state index >= 15 is 0 Å². The van der Waals surface area contributed by atoms with Crippen molar-refractivity contribution >= 4 is 28.4 Å². The van der Waals surface area contributed by atoms with E-state index in [0.29, 0.717) is 30.0 Å². The number of rotatable bonds is 4. The molecule has 2 aliphatic rings. The Morgan fingerprint density at radius 1 is 1.27 bits per heavy atom. The molecule has 1 aliphatic heterocycles. The summed E-state index contributed by atoms with van der Waals surface area (Å²) in [6.07, 6.45) is 2.47. The fourth-order valence-corrected chi connectivity index (χ4v) is 4.19. The van der Waals surface area contributed by atoms with Gasteiger partial charge < -0.3 is 15.2 Å². The summed E-state index contributed by atoms with van der Waals surface area (Å²) in [4.78, 5) is 18.2. The largest absolute Gasteiger partial charge is 0.360 e. The van der Waals surface area contributed by atoms with Crippen LogP contribution in [0.5, 0.6) is 0 Å². The molecule has 140 valence electrons. The third-order valence-corrected chi connectivity index (χ3v) is 5.95. The molecule has 2 heterocycles. The molecular formula is C19H22ClF2N3O. The standard InChI is InChI=1S/C19H22ClF2N3O/c20-15-2-1-3-16-17(15)14(10-24-16)18(26)25(13-8-23-9-13)11-12-4-6-19(21,22)7-5-12/h1-3,10,12-13,23-24H,4-9,11H2. The molecule has 1 amide bonds. The van der Waals surface area contributed by atoms with Gasteiger partial charge in [0, 0.05) is 49.6 Å². The first-order valence-electron chi connectivity index (χ1n) is 9.10. The van der Waals surface area contributed by atoms with E-state index in [2.05, 4.69) is 10.3 Å². The van der Waals surface area contributed by atoms with Crippen molar-refractivity contribution < 1.29 is 13.6 Å². The summed E-state index contributed by atoms with van der Waals surface area (Å²) in [5, 5.41) is 4.46. The third kappa shape index (κ3) is 3.32. The van der Waals surface area contributed by atoms with Gasteiger partial charge >= 0.3 is 0 Å². The van der Waals surface area contributed by atoms with Crippen molar-refractivity contribution in [1.82, 2.24) is 15.2 Å². The van der Waals surface area contributed by atoms with Crippen LogP contribution in [0.1, 0.15) is 36.0 Å². The first-order valence-corrected chi connectivity index (χ1v) is 9.47. The Morgan fingerprint density at radius 3 is 2.65 bits per heavy atom. The number of nitrogens with zero attached hydrogens (tertiary/aromatic N) is 1. The van der Waals surface area contributed by atoms with Gasteiger partial charge in [0.15, 0.2) is 0 Å². The van der Waals surface area contributed by atoms with E-state index in [-0.39, 0.29) is 30.7 Å². The lowest BCUT2D eigenvalue weighted by molar-refractivity contribution is -0.0494. The number of H-pyrrole nitrogens is 1. The minimum atomic E-state index is -2.55. The van der Waals surface area contributed by atoms with E-state index in [0.717, 1.165) is 24.0 Å². The molecule has 26 heavy (non-hydrogen) atoms. The fraction of sp³-hybridized carbons (Fsp3) is 0.526. The molecule has 0 spiro atoms. The number of nitrogens with one attached hydrogen (secondary N) is 2. The van der Waals surface area contributed by atoms with Crippen LogP contribution in [0.3, 0.4) is 0 Å². The molecule has 0 bridgehead atoms. The van der Waals surface area contributed by atoms with Crippen LogP contribution in [-0.4, -0.2) is 47.4 Å². The van der Waals surface area contributed by atoms with E-state index in [9.17, 15) is 13.6 Å². The average molecular weight is 382 g/mol. The Balaban J connectivity index is 1.57. The molecule has 1 saturated carbocycles. The van der Waals surface area contributed by atoms with E-state index in [1.54, 1.807) is 12.3 Å².